The first-order valence-corrected chi connectivity index (χ1v) is 12.6. The zero-order valence-electron chi connectivity index (χ0n) is 20.8. The van der Waals surface area contributed by atoms with Crippen molar-refractivity contribution in [1.29, 1.82) is 0 Å². The predicted octanol–water partition coefficient (Wildman–Crippen LogP) is 7.35. The fraction of sp³-hybridized carbons (Fsp3) is 0.400. The summed E-state index contributed by atoms with van der Waals surface area (Å²) < 4.78 is 0. The van der Waals surface area contributed by atoms with Gasteiger partial charge in [0, 0.05) is 30.7 Å². The van der Waals surface area contributed by atoms with Gasteiger partial charge in [-0.1, -0.05) is 67.6 Å². The lowest BCUT2D eigenvalue weighted by Gasteiger charge is -2.32. The molecule has 2 amide bonds. The number of hydrogen-bond donors (Lipinski definition) is 1. The third kappa shape index (κ3) is 6.25. The smallest absolute Gasteiger partial charge is 0.317 e. The summed E-state index contributed by atoms with van der Waals surface area (Å²) in [5, 5.41) is 3.27. The van der Waals surface area contributed by atoms with E-state index in [2.05, 4.69) is 84.5 Å². The van der Waals surface area contributed by atoms with Crippen molar-refractivity contribution < 1.29 is 4.79 Å². The number of carbonyl (C=O) groups excluding carboxylic acids is 1. The largest absolute Gasteiger partial charge is 0.322 e. The van der Waals surface area contributed by atoms with Crippen molar-refractivity contribution in [2.75, 3.05) is 5.32 Å². The number of urea groups is 1. The normalized spacial score (nSPS) is 14.4. The molecule has 1 aromatic heterocycles. The van der Waals surface area contributed by atoms with E-state index >= 15 is 0 Å². The van der Waals surface area contributed by atoms with Gasteiger partial charge in [0.05, 0.1) is 0 Å². The van der Waals surface area contributed by atoms with Gasteiger partial charge in [0.1, 0.15) is 0 Å². The topological polar surface area (TPSA) is 45.2 Å². The van der Waals surface area contributed by atoms with Crippen LogP contribution in [-0.4, -0.2) is 22.0 Å². The molecular formula is C30H37N3O. The van der Waals surface area contributed by atoms with Gasteiger partial charge in [-0.05, 0) is 80.0 Å². The van der Waals surface area contributed by atoms with Crippen LogP contribution in [0.4, 0.5) is 10.5 Å². The quantitative estimate of drug-likeness (QED) is 0.395. The summed E-state index contributed by atoms with van der Waals surface area (Å²) in [5.41, 5.74) is 8.11. The van der Waals surface area contributed by atoms with Crippen LogP contribution >= 0.6 is 0 Å². The predicted molar refractivity (Wildman–Crippen MR) is 140 cm³/mol. The number of amides is 2. The van der Waals surface area contributed by atoms with E-state index in [0.717, 1.165) is 36.1 Å². The Hall–Kier alpha value is -3.14. The van der Waals surface area contributed by atoms with Crippen LogP contribution in [-0.2, 0) is 13.0 Å². The maximum absolute atomic E-state index is 13.6. The van der Waals surface area contributed by atoms with E-state index in [1.807, 2.05) is 12.4 Å². The Morgan fingerprint density at radius 3 is 2.03 bits per heavy atom. The summed E-state index contributed by atoms with van der Waals surface area (Å²) >= 11 is 0. The van der Waals surface area contributed by atoms with Crippen molar-refractivity contribution >= 4 is 11.7 Å². The van der Waals surface area contributed by atoms with Crippen molar-refractivity contribution in [3.8, 4) is 0 Å². The molecule has 4 rings (SSSR count). The highest BCUT2D eigenvalue weighted by atomic mass is 16.2. The van der Waals surface area contributed by atoms with Crippen LogP contribution in [0.2, 0.25) is 0 Å². The molecule has 3 aromatic rings. The molecule has 34 heavy (non-hydrogen) atoms. The van der Waals surface area contributed by atoms with E-state index in [1.54, 1.807) is 0 Å². The molecule has 1 aliphatic carbocycles. The van der Waals surface area contributed by atoms with Crippen molar-refractivity contribution in [1.82, 2.24) is 9.88 Å². The maximum Gasteiger partial charge on any atom is 0.322 e. The molecule has 1 aliphatic rings. The highest BCUT2D eigenvalue weighted by Gasteiger charge is 2.25. The van der Waals surface area contributed by atoms with Crippen LogP contribution in [0.1, 0.15) is 71.9 Å². The van der Waals surface area contributed by atoms with E-state index in [1.165, 1.54) is 47.9 Å². The lowest BCUT2D eigenvalue weighted by atomic mass is 10.0. The number of hydrogen-bond acceptors (Lipinski definition) is 2. The fourth-order valence-electron chi connectivity index (χ4n) is 5.19. The highest BCUT2D eigenvalue weighted by molar-refractivity contribution is 5.91. The third-order valence-corrected chi connectivity index (χ3v) is 6.97. The molecular weight excluding hydrogens is 418 g/mol. The van der Waals surface area contributed by atoms with Crippen molar-refractivity contribution in [3.05, 3.63) is 94.3 Å². The summed E-state index contributed by atoms with van der Waals surface area (Å²) in [6.45, 7) is 6.89. The number of pyridine rings is 1. The molecule has 1 saturated carbocycles. The first kappa shape index (κ1) is 24.0. The minimum atomic E-state index is 0.0165. The average Bonchev–Trinajstić information content (AvgIpc) is 3.11. The third-order valence-electron chi connectivity index (χ3n) is 6.97. The van der Waals surface area contributed by atoms with E-state index < -0.39 is 0 Å². The minimum Gasteiger partial charge on any atom is -0.317 e. The van der Waals surface area contributed by atoms with Gasteiger partial charge < -0.3 is 10.2 Å². The molecule has 0 saturated heterocycles. The van der Waals surface area contributed by atoms with Crippen LogP contribution in [0, 0.1) is 20.8 Å². The van der Waals surface area contributed by atoms with E-state index in [9.17, 15) is 4.79 Å². The van der Waals surface area contributed by atoms with Gasteiger partial charge in [-0.2, -0.15) is 0 Å². The number of anilines is 1. The van der Waals surface area contributed by atoms with Crippen molar-refractivity contribution in [2.45, 2.75) is 78.3 Å². The molecule has 0 radical (unpaired) electrons. The number of benzene rings is 2. The number of nitrogens with one attached hydrogen (secondary N) is 1. The second-order valence-corrected chi connectivity index (χ2v) is 9.83. The van der Waals surface area contributed by atoms with Gasteiger partial charge in [0.2, 0.25) is 0 Å². The molecule has 4 nitrogen and oxygen atoms in total. The van der Waals surface area contributed by atoms with Crippen LogP contribution in [0.15, 0.2) is 60.9 Å². The zero-order chi connectivity index (χ0) is 23.9. The Morgan fingerprint density at radius 2 is 1.41 bits per heavy atom. The molecule has 1 N–H and O–H groups in total. The molecule has 0 atom stereocenters. The standard InChI is InChI=1S/C30H37N3O/c1-22-18-23(2)29(24(3)19-22)32-30(34)33(28-8-6-4-5-7-9-28)21-27-12-10-25(11-13-27)20-26-14-16-31-17-15-26/h10-19,28H,4-9,20-21H2,1-3H3,(H,32,34). The Kier molecular flexibility index (Phi) is 7.99. The Labute approximate surface area is 204 Å². The molecule has 0 unspecified atom stereocenters. The van der Waals surface area contributed by atoms with Gasteiger partial charge in [-0.25, -0.2) is 4.79 Å². The minimum absolute atomic E-state index is 0.0165. The molecule has 0 bridgehead atoms. The summed E-state index contributed by atoms with van der Waals surface area (Å²) in [6, 6.07) is 17.4. The van der Waals surface area contributed by atoms with Crippen LogP contribution in [0.5, 0.6) is 0 Å². The van der Waals surface area contributed by atoms with Crippen molar-refractivity contribution in [2.24, 2.45) is 0 Å². The second-order valence-electron chi connectivity index (χ2n) is 9.83. The maximum atomic E-state index is 13.6. The molecule has 1 heterocycles. The Bertz CT molecular complexity index is 1060. The summed E-state index contributed by atoms with van der Waals surface area (Å²) in [6.07, 6.45) is 11.7. The SMILES string of the molecule is Cc1cc(C)c(NC(=O)N(Cc2ccc(Cc3ccncc3)cc2)C2CCCCCC2)c(C)c1. The van der Waals surface area contributed by atoms with E-state index in [0.29, 0.717) is 6.54 Å². The van der Waals surface area contributed by atoms with Gasteiger partial charge in [0.25, 0.3) is 0 Å². The first-order valence-electron chi connectivity index (χ1n) is 12.6. The van der Waals surface area contributed by atoms with Crippen molar-refractivity contribution in [3.63, 3.8) is 0 Å². The second kappa shape index (κ2) is 11.3. The molecule has 4 heteroatoms. The van der Waals surface area contributed by atoms with Gasteiger partial charge in [-0.15, -0.1) is 0 Å². The molecule has 2 aromatic carbocycles. The van der Waals surface area contributed by atoms with E-state index in [-0.39, 0.29) is 12.1 Å². The molecule has 178 valence electrons. The number of nitrogens with zero attached hydrogens (tertiary/aromatic N) is 2. The highest BCUT2D eigenvalue weighted by Crippen LogP contribution is 2.27. The first-order chi connectivity index (χ1) is 16.5. The molecule has 1 fully saturated rings. The summed E-state index contributed by atoms with van der Waals surface area (Å²) in [7, 11) is 0. The fourth-order valence-corrected chi connectivity index (χ4v) is 5.19. The number of rotatable bonds is 6. The van der Waals surface area contributed by atoms with Crippen LogP contribution in [0.25, 0.3) is 0 Å². The van der Waals surface area contributed by atoms with Gasteiger partial charge >= 0.3 is 6.03 Å². The lowest BCUT2D eigenvalue weighted by molar-refractivity contribution is 0.175. The lowest BCUT2D eigenvalue weighted by Crippen LogP contribution is -2.42. The van der Waals surface area contributed by atoms with E-state index in [4.69, 9.17) is 0 Å². The Balaban J connectivity index is 1.52. The van der Waals surface area contributed by atoms with Gasteiger partial charge in [0.15, 0.2) is 0 Å². The zero-order valence-corrected chi connectivity index (χ0v) is 20.8. The number of carbonyl (C=O) groups is 1. The number of aromatic nitrogens is 1. The summed E-state index contributed by atoms with van der Waals surface area (Å²) in [4.78, 5) is 19.8. The summed E-state index contributed by atoms with van der Waals surface area (Å²) in [5.74, 6) is 0. The molecule has 0 aliphatic heterocycles. The monoisotopic (exact) mass is 455 g/mol. The molecule has 0 spiro atoms. The Morgan fingerprint density at radius 1 is 0.853 bits per heavy atom. The van der Waals surface area contributed by atoms with Crippen LogP contribution in [0.3, 0.4) is 0 Å². The number of aryl methyl sites for hydroxylation is 3. The van der Waals surface area contributed by atoms with Gasteiger partial charge in [-0.3, -0.25) is 4.98 Å². The average molecular weight is 456 g/mol. The van der Waals surface area contributed by atoms with Crippen LogP contribution < -0.4 is 5.32 Å².